The summed E-state index contributed by atoms with van der Waals surface area (Å²) >= 11 is 12.6. The highest BCUT2D eigenvalue weighted by Crippen LogP contribution is 2.43. The Labute approximate surface area is 214 Å². The molecule has 188 valence electrons. The average molecular weight is 536 g/mol. The van der Waals surface area contributed by atoms with Crippen molar-refractivity contribution in [3.05, 3.63) is 80.8 Å². The van der Waals surface area contributed by atoms with Crippen LogP contribution in [0.15, 0.2) is 48.0 Å². The molecular weight excluding hydrogens is 515 g/mol. The second-order valence-corrected chi connectivity index (χ2v) is 9.13. The zero-order chi connectivity index (χ0) is 26.2. The molecule has 0 saturated carbocycles. The number of rotatable bonds is 6. The number of nitrogens with one attached hydrogen (secondary N) is 2. The summed E-state index contributed by atoms with van der Waals surface area (Å²) in [6.07, 6.45) is 2.44. The number of anilines is 1. The lowest BCUT2D eigenvalue weighted by Gasteiger charge is -2.33. The van der Waals surface area contributed by atoms with Gasteiger partial charge >= 0.3 is 0 Å². The number of halogens is 4. The fourth-order valence-corrected chi connectivity index (χ4v) is 4.88. The molecule has 0 radical (unpaired) electrons. The summed E-state index contributed by atoms with van der Waals surface area (Å²) in [5, 5.41) is 5.49. The van der Waals surface area contributed by atoms with Crippen LogP contribution in [-0.2, 0) is 21.7 Å². The molecule has 1 atom stereocenters. The largest absolute Gasteiger partial charge is 0.373 e. The van der Waals surface area contributed by atoms with Crippen LogP contribution in [0, 0.1) is 11.6 Å². The Morgan fingerprint density at radius 1 is 1.25 bits per heavy atom. The van der Waals surface area contributed by atoms with E-state index in [0.717, 1.165) is 29.1 Å². The van der Waals surface area contributed by atoms with Crippen LogP contribution in [0.4, 0.5) is 14.5 Å². The van der Waals surface area contributed by atoms with Gasteiger partial charge in [0, 0.05) is 31.4 Å². The molecule has 0 bridgehead atoms. The van der Waals surface area contributed by atoms with Gasteiger partial charge in [-0.3, -0.25) is 19.0 Å². The Bertz CT molecular complexity index is 1460. The van der Waals surface area contributed by atoms with Crippen molar-refractivity contribution in [2.24, 2.45) is 0 Å². The standard InChI is InChI=1S/C24H21Cl2F2N5O3/c1-3-19(35)32-7-6-24(11-32,20-16(27)5-4-15(25)21(20)26)31-13-8-14-22(17(28)9-13)30-12-33(23(14)36)10-18(34)29-2/h3-5,8-9,12,31H,1,6-7,10-11H2,2H3,(H,29,34)/t24-/m1/s1. The summed E-state index contributed by atoms with van der Waals surface area (Å²) in [5.74, 6) is -2.27. The molecule has 2 heterocycles. The minimum atomic E-state index is -1.30. The third-order valence-corrected chi connectivity index (χ3v) is 6.94. The smallest absolute Gasteiger partial charge is 0.261 e. The lowest BCUT2D eigenvalue weighted by Crippen LogP contribution is -2.41. The molecular formula is C24H21Cl2F2N5O3. The molecule has 3 aromatic rings. The molecule has 8 nitrogen and oxygen atoms in total. The number of carbonyl (C=O) groups is 2. The molecule has 36 heavy (non-hydrogen) atoms. The number of aromatic nitrogens is 2. The summed E-state index contributed by atoms with van der Waals surface area (Å²) in [5.41, 5.74) is -1.98. The third-order valence-electron chi connectivity index (χ3n) is 6.14. The first kappa shape index (κ1) is 25.6. The van der Waals surface area contributed by atoms with Gasteiger partial charge in [-0.25, -0.2) is 13.8 Å². The van der Waals surface area contributed by atoms with Crippen molar-refractivity contribution in [2.75, 3.05) is 25.5 Å². The van der Waals surface area contributed by atoms with Gasteiger partial charge in [-0.2, -0.15) is 0 Å². The average Bonchev–Trinajstić information content (AvgIpc) is 3.27. The number of nitrogens with zero attached hydrogens (tertiary/aromatic N) is 3. The van der Waals surface area contributed by atoms with E-state index in [2.05, 4.69) is 22.2 Å². The topological polar surface area (TPSA) is 96.3 Å². The van der Waals surface area contributed by atoms with Crippen molar-refractivity contribution in [1.82, 2.24) is 19.8 Å². The molecule has 4 rings (SSSR count). The molecule has 1 fully saturated rings. The van der Waals surface area contributed by atoms with Crippen molar-refractivity contribution < 1.29 is 18.4 Å². The van der Waals surface area contributed by atoms with E-state index >= 15 is 8.78 Å². The first-order valence-electron chi connectivity index (χ1n) is 10.8. The van der Waals surface area contributed by atoms with E-state index in [1.807, 2.05) is 0 Å². The van der Waals surface area contributed by atoms with Crippen LogP contribution in [0.25, 0.3) is 10.9 Å². The maximum Gasteiger partial charge on any atom is 0.261 e. The third kappa shape index (κ3) is 4.54. The molecule has 12 heteroatoms. The summed E-state index contributed by atoms with van der Waals surface area (Å²) in [4.78, 5) is 42.5. The Balaban J connectivity index is 1.85. The van der Waals surface area contributed by atoms with Crippen LogP contribution in [0.1, 0.15) is 12.0 Å². The molecule has 2 N–H and O–H groups in total. The van der Waals surface area contributed by atoms with Gasteiger partial charge in [-0.1, -0.05) is 29.8 Å². The lowest BCUT2D eigenvalue weighted by molar-refractivity contribution is -0.125. The Hall–Kier alpha value is -3.50. The van der Waals surface area contributed by atoms with E-state index in [-0.39, 0.29) is 64.2 Å². The van der Waals surface area contributed by atoms with E-state index in [4.69, 9.17) is 23.2 Å². The second kappa shape index (κ2) is 9.87. The van der Waals surface area contributed by atoms with Crippen LogP contribution in [-0.4, -0.2) is 46.4 Å². The van der Waals surface area contributed by atoms with Gasteiger partial charge < -0.3 is 15.5 Å². The maximum atomic E-state index is 15.2. The zero-order valence-corrected chi connectivity index (χ0v) is 20.6. The van der Waals surface area contributed by atoms with Crippen LogP contribution in [0.2, 0.25) is 10.0 Å². The number of amides is 2. The minimum Gasteiger partial charge on any atom is -0.373 e. The Kier molecular flexibility index (Phi) is 7.01. The van der Waals surface area contributed by atoms with Crippen LogP contribution >= 0.6 is 23.2 Å². The van der Waals surface area contributed by atoms with Gasteiger partial charge in [0.05, 0.1) is 27.3 Å². The monoisotopic (exact) mass is 535 g/mol. The van der Waals surface area contributed by atoms with Gasteiger partial charge in [0.15, 0.2) is 5.82 Å². The maximum absolute atomic E-state index is 15.2. The van der Waals surface area contributed by atoms with Crippen LogP contribution in [0.5, 0.6) is 0 Å². The molecule has 2 aromatic carbocycles. The SMILES string of the molecule is C=CC(=O)N1CC[C@](Nc2cc(F)c3ncn(CC(=O)NC)c(=O)c3c2)(c2c(F)ccc(Cl)c2Cl)C1. The molecule has 1 saturated heterocycles. The molecule has 1 aliphatic heterocycles. The van der Waals surface area contributed by atoms with Crippen LogP contribution < -0.4 is 16.2 Å². The van der Waals surface area contributed by atoms with E-state index in [1.165, 1.54) is 24.1 Å². The number of fused-ring (bicyclic) bond motifs is 1. The predicted octanol–water partition coefficient (Wildman–Crippen LogP) is 3.45. The summed E-state index contributed by atoms with van der Waals surface area (Å²) in [6.45, 7) is 3.40. The number of likely N-dealkylation sites (N-methyl/N-ethyl adjacent to an activating group) is 1. The van der Waals surface area contributed by atoms with Gasteiger partial charge in [-0.15, -0.1) is 0 Å². The summed E-state index contributed by atoms with van der Waals surface area (Å²) < 4.78 is 31.3. The van der Waals surface area contributed by atoms with Gasteiger partial charge in [0.2, 0.25) is 11.8 Å². The highest BCUT2D eigenvalue weighted by atomic mass is 35.5. The molecule has 0 spiro atoms. The van der Waals surface area contributed by atoms with E-state index in [1.54, 1.807) is 0 Å². The highest BCUT2D eigenvalue weighted by Gasteiger charge is 2.44. The van der Waals surface area contributed by atoms with Crippen molar-refractivity contribution in [1.29, 1.82) is 0 Å². The normalized spacial score (nSPS) is 17.3. The summed E-state index contributed by atoms with van der Waals surface area (Å²) in [7, 11) is 1.42. The quantitative estimate of drug-likeness (QED) is 0.372. The van der Waals surface area contributed by atoms with Gasteiger partial charge in [-0.05, 0) is 36.8 Å². The van der Waals surface area contributed by atoms with E-state index in [0.29, 0.717) is 0 Å². The predicted molar refractivity (Wildman–Crippen MR) is 133 cm³/mol. The van der Waals surface area contributed by atoms with Gasteiger partial charge in [0.25, 0.3) is 5.56 Å². The fourth-order valence-electron chi connectivity index (χ4n) is 4.38. The Morgan fingerprint density at radius 2 is 2.00 bits per heavy atom. The van der Waals surface area contributed by atoms with E-state index in [9.17, 15) is 14.4 Å². The lowest BCUT2D eigenvalue weighted by atomic mass is 9.87. The minimum absolute atomic E-state index is 0.0137. The summed E-state index contributed by atoms with van der Waals surface area (Å²) in [6, 6.07) is 4.96. The fraction of sp³-hybridized carbons (Fsp3) is 0.250. The van der Waals surface area contributed by atoms with Crippen molar-refractivity contribution in [2.45, 2.75) is 18.5 Å². The molecule has 1 aliphatic rings. The Morgan fingerprint density at radius 3 is 2.69 bits per heavy atom. The molecule has 2 amide bonds. The number of hydrogen-bond donors (Lipinski definition) is 2. The van der Waals surface area contributed by atoms with Crippen molar-refractivity contribution >= 4 is 51.6 Å². The molecule has 0 aliphatic carbocycles. The number of benzene rings is 2. The zero-order valence-electron chi connectivity index (χ0n) is 19.1. The van der Waals surface area contributed by atoms with Crippen molar-refractivity contribution in [3.8, 4) is 0 Å². The van der Waals surface area contributed by atoms with Crippen LogP contribution in [0.3, 0.4) is 0 Å². The first-order valence-corrected chi connectivity index (χ1v) is 11.6. The number of likely N-dealkylation sites (tertiary alicyclic amines) is 1. The van der Waals surface area contributed by atoms with E-state index < -0.39 is 28.6 Å². The molecule has 1 aromatic heterocycles. The number of carbonyl (C=O) groups excluding carboxylic acids is 2. The van der Waals surface area contributed by atoms with Gasteiger partial charge in [0.1, 0.15) is 17.9 Å². The first-order chi connectivity index (χ1) is 17.1. The highest BCUT2D eigenvalue weighted by molar-refractivity contribution is 6.42. The number of hydrogen-bond acceptors (Lipinski definition) is 5. The molecule has 0 unspecified atom stereocenters. The second-order valence-electron chi connectivity index (χ2n) is 8.34. The van der Waals surface area contributed by atoms with Crippen molar-refractivity contribution in [3.63, 3.8) is 0 Å².